The highest BCUT2D eigenvalue weighted by Gasteiger charge is 2.23. The third kappa shape index (κ3) is 3.47. The van der Waals surface area contributed by atoms with Crippen molar-refractivity contribution < 1.29 is 5.11 Å². The number of hydrogen-bond donors (Lipinski definition) is 2. The molecule has 2 aromatic carbocycles. The third-order valence-corrected chi connectivity index (χ3v) is 3.85. The second-order valence-electron chi connectivity index (χ2n) is 5.58. The lowest BCUT2D eigenvalue weighted by Crippen LogP contribution is -2.21. The summed E-state index contributed by atoms with van der Waals surface area (Å²) in [6.45, 7) is 1.39. The Morgan fingerprint density at radius 2 is 1.85 bits per heavy atom. The lowest BCUT2D eigenvalue weighted by atomic mass is 10.1. The van der Waals surface area contributed by atoms with E-state index in [4.69, 9.17) is 0 Å². The lowest BCUT2D eigenvalue weighted by molar-refractivity contribution is 0.174. The predicted molar refractivity (Wildman–Crippen MR) is 81.5 cm³/mol. The molecule has 2 nitrogen and oxygen atoms in total. The molecule has 2 aromatic rings. The maximum absolute atomic E-state index is 10.1. The average molecular weight is 267 g/mol. The Kier molecular flexibility index (Phi) is 4.14. The molecule has 1 fully saturated rings. The molecule has 2 heteroatoms. The Labute approximate surface area is 120 Å². The predicted octanol–water partition coefficient (Wildman–Crippen LogP) is 3.39. The fourth-order valence-corrected chi connectivity index (χ4v) is 2.52. The van der Waals surface area contributed by atoms with Crippen molar-refractivity contribution in [1.29, 1.82) is 0 Å². The van der Waals surface area contributed by atoms with Gasteiger partial charge in [0.2, 0.25) is 0 Å². The van der Waals surface area contributed by atoms with Gasteiger partial charge in [0.25, 0.3) is 0 Å². The van der Waals surface area contributed by atoms with Crippen molar-refractivity contribution in [1.82, 2.24) is 5.32 Å². The first-order valence-electron chi connectivity index (χ1n) is 7.35. The van der Waals surface area contributed by atoms with Crippen molar-refractivity contribution in [3.8, 4) is 0 Å². The first-order valence-corrected chi connectivity index (χ1v) is 7.35. The van der Waals surface area contributed by atoms with E-state index in [0.29, 0.717) is 6.54 Å². The molecule has 0 amide bonds. The van der Waals surface area contributed by atoms with E-state index in [1.807, 2.05) is 30.3 Å². The Balaban J connectivity index is 1.51. The number of nitrogens with one attached hydrogen (secondary N) is 1. The van der Waals surface area contributed by atoms with Gasteiger partial charge in [-0.1, -0.05) is 54.6 Å². The molecule has 0 spiro atoms. The van der Waals surface area contributed by atoms with Gasteiger partial charge in [-0.05, 0) is 35.4 Å². The SMILES string of the molecule is OC(CNCc1cccc(C2CC2)c1)c1ccccc1. The summed E-state index contributed by atoms with van der Waals surface area (Å²) < 4.78 is 0. The Bertz CT molecular complexity index is 548. The highest BCUT2D eigenvalue weighted by molar-refractivity contribution is 5.29. The topological polar surface area (TPSA) is 32.3 Å². The highest BCUT2D eigenvalue weighted by atomic mass is 16.3. The summed E-state index contributed by atoms with van der Waals surface area (Å²) in [4.78, 5) is 0. The van der Waals surface area contributed by atoms with Crippen LogP contribution in [0.1, 0.15) is 41.6 Å². The van der Waals surface area contributed by atoms with Crippen molar-refractivity contribution in [2.24, 2.45) is 0 Å². The van der Waals surface area contributed by atoms with E-state index in [2.05, 4.69) is 29.6 Å². The summed E-state index contributed by atoms with van der Waals surface area (Å²) in [5, 5.41) is 13.4. The van der Waals surface area contributed by atoms with Crippen LogP contribution in [0.3, 0.4) is 0 Å². The number of benzene rings is 2. The zero-order valence-corrected chi connectivity index (χ0v) is 11.6. The lowest BCUT2D eigenvalue weighted by Gasteiger charge is -2.12. The van der Waals surface area contributed by atoms with Crippen LogP contribution in [0.15, 0.2) is 54.6 Å². The second-order valence-corrected chi connectivity index (χ2v) is 5.58. The minimum atomic E-state index is -0.442. The molecule has 1 aliphatic carbocycles. The zero-order chi connectivity index (χ0) is 13.8. The average Bonchev–Trinajstić information content (AvgIpc) is 3.33. The van der Waals surface area contributed by atoms with Gasteiger partial charge in [-0.3, -0.25) is 0 Å². The normalized spacial score (nSPS) is 16.1. The van der Waals surface area contributed by atoms with Gasteiger partial charge in [0, 0.05) is 13.1 Å². The molecule has 0 saturated heterocycles. The summed E-state index contributed by atoms with van der Waals surface area (Å²) in [5.41, 5.74) is 3.73. The van der Waals surface area contributed by atoms with Gasteiger partial charge in [0.05, 0.1) is 6.10 Å². The summed E-state index contributed by atoms with van der Waals surface area (Å²) in [6, 6.07) is 18.6. The molecule has 1 saturated carbocycles. The monoisotopic (exact) mass is 267 g/mol. The minimum absolute atomic E-state index is 0.442. The Morgan fingerprint density at radius 1 is 1.05 bits per heavy atom. The first-order chi connectivity index (χ1) is 9.83. The van der Waals surface area contributed by atoms with E-state index >= 15 is 0 Å². The molecular weight excluding hydrogens is 246 g/mol. The van der Waals surface area contributed by atoms with Crippen LogP contribution in [0.4, 0.5) is 0 Å². The molecule has 1 unspecified atom stereocenters. The van der Waals surface area contributed by atoms with Gasteiger partial charge in [0.15, 0.2) is 0 Å². The quantitative estimate of drug-likeness (QED) is 0.841. The first kappa shape index (κ1) is 13.3. The van der Waals surface area contributed by atoms with Crippen molar-refractivity contribution in [2.45, 2.75) is 31.4 Å². The number of hydrogen-bond acceptors (Lipinski definition) is 2. The van der Waals surface area contributed by atoms with E-state index in [1.54, 1.807) is 0 Å². The summed E-state index contributed by atoms with van der Waals surface area (Å²) in [5.74, 6) is 0.796. The van der Waals surface area contributed by atoms with E-state index in [0.717, 1.165) is 18.0 Å². The van der Waals surface area contributed by atoms with Gasteiger partial charge in [0.1, 0.15) is 0 Å². The fraction of sp³-hybridized carbons (Fsp3) is 0.333. The van der Waals surface area contributed by atoms with Crippen molar-refractivity contribution in [3.05, 3.63) is 71.3 Å². The van der Waals surface area contributed by atoms with Crippen molar-refractivity contribution in [3.63, 3.8) is 0 Å². The van der Waals surface area contributed by atoms with Crippen molar-refractivity contribution in [2.75, 3.05) is 6.54 Å². The van der Waals surface area contributed by atoms with Gasteiger partial charge in [-0.25, -0.2) is 0 Å². The zero-order valence-electron chi connectivity index (χ0n) is 11.6. The molecule has 1 atom stereocenters. The molecule has 1 aliphatic rings. The van der Waals surface area contributed by atoms with Crippen molar-refractivity contribution >= 4 is 0 Å². The molecule has 20 heavy (non-hydrogen) atoms. The smallest absolute Gasteiger partial charge is 0.0914 e. The van der Waals surface area contributed by atoms with E-state index in [-0.39, 0.29) is 0 Å². The molecule has 0 radical (unpaired) electrons. The molecule has 2 N–H and O–H groups in total. The van der Waals surface area contributed by atoms with Crippen LogP contribution in [0.2, 0.25) is 0 Å². The van der Waals surface area contributed by atoms with Crippen LogP contribution in [0, 0.1) is 0 Å². The summed E-state index contributed by atoms with van der Waals surface area (Å²) in [7, 11) is 0. The Morgan fingerprint density at radius 3 is 2.60 bits per heavy atom. The second kappa shape index (κ2) is 6.21. The molecule has 0 heterocycles. The largest absolute Gasteiger partial charge is 0.387 e. The number of aliphatic hydroxyl groups is 1. The van der Waals surface area contributed by atoms with Crippen LogP contribution in [0.5, 0.6) is 0 Å². The van der Waals surface area contributed by atoms with Crippen LogP contribution in [-0.4, -0.2) is 11.7 Å². The Hall–Kier alpha value is -1.64. The molecule has 104 valence electrons. The molecule has 0 aromatic heterocycles. The van der Waals surface area contributed by atoms with Gasteiger partial charge < -0.3 is 10.4 Å². The summed E-state index contributed by atoms with van der Waals surface area (Å²) >= 11 is 0. The molecule has 0 bridgehead atoms. The van der Waals surface area contributed by atoms with Crippen LogP contribution in [-0.2, 0) is 6.54 Å². The maximum atomic E-state index is 10.1. The molecule has 0 aliphatic heterocycles. The third-order valence-electron chi connectivity index (χ3n) is 3.85. The van der Waals surface area contributed by atoms with Gasteiger partial charge >= 0.3 is 0 Å². The van der Waals surface area contributed by atoms with E-state index in [9.17, 15) is 5.11 Å². The van der Waals surface area contributed by atoms with E-state index < -0.39 is 6.10 Å². The van der Waals surface area contributed by atoms with Gasteiger partial charge in [-0.2, -0.15) is 0 Å². The number of aliphatic hydroxyl groups excluding tert-OH is 1. The standard InChI is InChI=1S/C18H21NO/c20-18(16-6-2-1-3-7-16)13-19-12-14-5-4-8-17(11-14)15-9-10-15/h1-8,11,15,18-20H,9-10,12-13H2. The minimum Gasteiger partial charge on any atom is -0.387 e. The maximum Gasteiger partial charge on any atom is 0.0914 e. The van der Waals surface area contributed by atoms with Crippen LogP contribution >= 0.6 is 0 Å². The summed E-state index contributed by atoms with van der Waals surface area (Å²) in [6.07, 6.45) is 2.23. The fourth-order valence-electron chi connectivity index (χ4n) is 2.52. The van der Waals surface area contributed by atoms with Crippen LogP contribution in [0.25, 0.3) is 0 Å². The van der Waals surface area contributed by atoms with Gasteiger partial charge in [-0.15, -0.1) is 0 Å². The van der Waals surface area contributed by atoms with E-state index in [1.165, 1.54) is 24.0 Å². The number of rotatable bonds is 6. The molecule has 3 rings (SSSR count). The molecular formula is C18H21NO. The highest BCUT2D eigenvalue weighted by Crippen LogP contribution is 2.40. The van der Waals surface area contributed by atoms with Crippen LogP contribution < -0.4 is 5.32 Å².